The molecule has 3 aromatic carbocycles. The van der Waals surface area contributed by atoms with Crippen molar-refractivity contribution in [2.75, 3.05) is 7.11 Å². The molecule has 0 bridgehead atoms. The number of para-hydroxylation sites is 1. The second-order valence-corrected chi connectivity index (χ2v) is 8.64. The van der Waals surface area contributed by atoms with Crippen molar-refractivity contribution in [1.82, 2.24) is 24.4 Å². The van der Waals surface area contributed by atoms with Gasteiger partial charge in [-0.3, -0.25) is 4.79 Å². The van der Waals surface area contributed by atoms with Crippen LogP contribution in [0.25, 0.3) is 27.8 Å². The summed E-state index contributed by atoms with van der Waals surface area (Å²) < 4.78 is 9.38. The summed E-state index contributed by atoms with van der Waals surface area (Å²) in [6, 6.07) is 19.1. The van der Waals surface area contributed by atoms with Crippen molar-refractivity contribution >= 4 is 28.5 Å². The van der Waals surface area contributed by atoms with Crippen LogP contribution in [0.2, 0.25) is 5.02 Å². The molecule has 35 heavy (non-hydrogen) atoms. The summed E-state index contributed by atoms with van der Waals surface area (Å²) in [7, 11) is 3.53. The van der Waals surface area contributed by atoms with Gasteiger partial charge in [-0.1, -0.05) is 41.9 Å². The molecule has 0 atom stereocenters. The maximum absolute atomic E-state index is 13.0. The standard InChI is InChI=1S/C27H24ClN5O2/c1-17-15-33(16-30-17)22-12-11-18(13-24(22)35-3)27(34)29-14-25-31-26-20(8-6-10-23(26)32(25)2)19-7-4-5-9-21(19)28/h4-13,15-16H,14H2,1-3H3,(H,29,34). The number of halogens is 1. The molecule has 0 saturated carbocycles. The summed E-state index contributed by atoms with van der Waals surface area (Å²) >= 11 is 6.45. The molecule has 0 saturated heterocycles. The summed E-state index contributed by atoms with van der Waals surface area (Å²) in [5.41, 5.74) is 5.89. The highest BCUT2D eigenvalue weighted by Crippen LogP contribution is 2.33. The van der Waals surface area contributed by atoms with Gasteiger partial charge in [0.25, 0.3) is 5.91 Å². The number of hydrogen-bond donors (Lipinski definition) is 1. The Bertz CT molecular complexity index is 1550. The van der Waals surface area contributed by atoms with Crippen LogP contribution in [0.15, 0.2) is 73.2 Å². The number of hydrogen-bond acceptors (Lipinski definition) is 4. The highest BCUT2D eigenvalue weighted by Gasteiger charge is 2.16. The lowest BCUT2D eigenvalue weighted by atomic mass is 10.0. The van der Waals surface area contributed by atoms with Gasteiger partial charge in [0.2, 0.25) is 0 Å². The van der Waals surface area contributed by atoms with E-state index in [1.165, 1.54) is 0 Å². The fraction of sp³-hybridized carbons (Fsp3) is 0.148. The molecule has 7 nitrogen and oxygen atoms in total. The smallest absolute Gasteiger partial charge is 0.251 e. The molecule has 5 rings (SSSR count). The number of aromatic nitrogens is 4. The first-order valence-electron chi connectivity index (χ1n) is 11.1. The number of ether oxygens (including phenoxy) is 1. The zero-order chi connectivity index (χ0) is 24.5. The minimum absolute atomic E-state index is 0.213. The number of carbonyl (C=O) groups excluding carboxylic acids is 1. The third kappa shape index (κ3) is 4.26. The number of nitrogens with one attached hydrogen (secondary N) is 1. The highest BCUT2D eigenvalue weighted by atomic mass is 35.5. The van der Waals surface area contributed by atoms with Gasteiger partial charge in [0, 0.05) is 35.0 Å². The Kier molecular flexibility index (Phi) is 6.01. The van der Waals surface area contributed by atoms with Crippen molar-refractivity contribution < 1.29 is 9.53 Å². The van der Waals surface area contributed by atoms with Gasteiger partial charge >= 0.3 is 0 Å². The molecule has 0 radical (unpaired) electrons. The molecule has 2 aromatic heterocycles. The maximum Gasteiger partial charge on any atom is 0.251 e. The van der Waals surface area contributed by atoms with E-state index < -0.39 is 0 Å². The molecule has 1 amide bonds. The summed E-state index contributed by atoms with van der Waals surface area (Å²) in [5.74, 6) is 1.11. The monoisotopic (exact) mass is 485 g/mol. The number of benzene rings is 3. The highest BCUT2D eigenvalue weighted by molar-refractivity contribution is 6.33. The van der Waals surface area contributed by atoms with E-state index in [4.69, 9.17) is 21.3 Å². The molecule has 176 valence electrons. The molecule has 1 N–H and O–H groups in total. The lowest BCUT2D eigenvalue weighted by Crippen LogP contribution is -2.24. The van der Waals surface area contributed by atoms with Crippen LogP contribution in [-0.2, 0) is 13.6 Å². The summed E-state index contributed by atoms with van der Waals surface area (Å²) in [4.78, 5) is 22.1. The van der Waals surface area contributed by atoms with E-state index in [0.29, 0.717) is 16.3 Å². The number of imidazole rings is 2. The van der Waals surface area contributed by atoms with Crippen molar-refractivity contribution in [3.63, 3.8) is 0 Å². The van der Waals surface area contributed by atoms with Crippen molar-refractivity contribution in [1.29, 1.82) is 0 Å². The lowest BCUT2D eigenvalue weighted by molar-refractivity contribution is 0.0949. The molecular formula is C27H24ClN5O2. The van der Waals surface area contributed by atoms with Gasteiger partial charge in [-0.05, 0) is 37.3 Å². The fourth-order valence-electron chi connectivity index (χ4n) is 4.16. The predicted octanol–water partition coefficient (Wildman–Crippen LogP) is 5.33. The van der Waals surface area contributed by atoms with Crippen LogP contribution in [0.4, 0.5) is 0 Å². The van der Waals surface area contributed by atoms with E-state index in [1.54, 1.807) is 25.6 Å². The van der Waals surface area contributed by atoms with Crippen LogP contribution < -0.4 is 10.1 Å². The Labute approximate surface area is 208 Å². The number of carbonyl (C=O) groups is 1. The Morgan fingerprint density at radius 1 is 1.09 bits per heavy atom. The third-order valence-corrected chi connectivity index (χ3v) is 6.34. The molecule has 5 aromatic rings. The van der Waals surface area contributed by atoms with Gasteiger partial charge in [0.05, 0.1) is 42.4 Å². The normalized spacial score (nSPS) is 11.1. The van der Waals surface area contributed by atoms with Crippen LogP contribution in [-0.4, -0.2) is 32.1 Å². The van der Waals surface area contributed by atoms with Gasteiger partial charge in [-0.15, -0.1) is 0 Å². The van der Waals surface area contributed by atoms with E-state index in [9.17, 15) is 4.79 Å². The van der Waals surface area contributed by atoms with Crippen LogP contribution in [0.5, 0.6) is 5.75 Å². The average molecular weight is 486 g/mol. The minimum atomic E-state index is -0.213. The summed E-state index contributed by atoms with van der Waals surface area (Å²) in [6.45, 7) is 2.19. The van der Waals surface area contributed by atoms with Gasteiger partial charge in [-0.2, -0.15) is 0 Å². The molecule has 2 heterocycles. The van der Waals surface area contributed by atoms with Crippen LogP contribution >= 0.6 is 11.6 Å². The second-order valence-electron chi connectivity index (χ2n) is 8.23. The van der Waals surface area contributed by atoms with E-state index in [2.05, 4.69) is 10.3 Å². The largest absolute Gasteiger partial charge is 0.495 e. The first kappa shape index (κ1) is 22.7. The van der Waals surface area contributed by atoms with Crippen molar-refractivity contribution in [3.8, 4) is 22.6 Å². The Morgan fingerprint density at radius 3 is 2.63 bits per heavy atom. The molecule has 0 unspecified atom stereocenters. The van der Waals surface area contributed by atoms with Crippen LogP contribution in [0, 0.1) is 6.92 Å². The Hall–Kier alpha value is -4.10. The van der Waals surface area contributed by atoms with Crippen molar-refractivity contribution in [2.45, 2.75) is 13.5 Å². The Morgan fingerprint density at radius 2 is 1.89 bits per heavy atom. The number of fused-ring (bicyclic) bond motifs is 1. The van der Waals surface area contributed by atoms with Crippen molar-refractivity contribution in [3.05, 3.63) is 95.3 Å². The quantitative estimate of drug-likeness (QED) is 0.353. The molecule has 8 heteroatoms. The summed E-state index contributed by atoms with van der Waals surface area (Å²) in [6.07, 6.45) is 3.62. The minimum Gasteiger partial charge on any atom is -0.495 e. The topological polar surface area (TPSA) is 74.0 Å². The second kappa shape index (κ2) is 9.27. The van der Waals surface area contributed by atoms with Crippen LogP contribution in [0.3, 0.4) is 0 Å². The first-order chi connectivity index (χ1) is 17.0. The first-order valence-corrected chi connectivity index (χ1v) is 11.5. The zero-order valence-electron chi connectivity index (χ0n) is 19.6. The SMILES string of the molecule is COc1cc(C(=O)NCc2nc3c(-c4ccccc4Cl)cccc3n2C)ccc1-n1cnc(C)c1. The fourth-order valence-corrected chi connectivity index (χ4v) is 4.40. The predicted molar refractivity (Wildman–Crippen MR) is 137 cm³/mol. The number of rotatable bonds is 6. The number of nitrogens with zero attached hydrogens (tertiary/aromatic N) is 4. The Balaban J connectivity index is 1.40. The molecule has 0 aliphatic rings. The van der Waals surface area contributed by atoms with E-state index in [1.807, 2.05) is 77.8 Å². The lowest BCUT2D eigenvalue weighted by Gasteiger charge is -2.11. The average Bonchev–Trinajstić information content (AvgIpc) is 3.45. The number of amides is 1. The number of methoxy groups -OCH3 is 1. The number of aryl methyl sites for hydroxylation is 2. The molecule has 0 aliphatic carbocycles. The van der Waals surface area contributed by atoms with Crippen molar-refractivity contribution in [2.24, 2.45) is 7.05 Å². The van der Waals surface area contributed by atoms with E-state index in [0.717, 1.165) is 39.4 Å². The molecule has 0 spiro atoms. The third-order valence-electron chi connectivity index (χ3n) is 6.01. The van der Waals surface area contributed by atoms with E-state index >= 15 is 0 Å². The van der Waals surface area contributed by atoms with E-state index in [-0.39, 0.29) is 12.5 Å². The van der Waals surface area contributed by atoms with Crippen LogP contribution in [0.1, 0.15) is 21.9 Å². The van der Waals surface area contributed by atoms with Gasteiger partial charge in [-0.25, -0.2) is 9.97 Å². The van der Waals surface area contributed by atoms with Gasteiger partial charge < -0.3 is 19.2 Å². The molecule has 0 aliphatic heterocycles. The molecule has 0 fully saturated rings. The summed E-state index contributed by atoms with van der Waals surface area (Å²) in [5, 5.41) is 3.65. The molecular weight excluding hydrogens is 462 g/mol. The van der Waals surface area contributed by atoms with Gasteiger partial charge in [0.15, 0.2) is 0 Å². The van der Waals surface area contributed by atoms with Gasteiger partial charge in [0.1, 0.15) is 11.6 Å². The zero-order valence-corrected chi connectivity index (χ0v) is 20.4. The maximum atomic E-state index is 13.0.